The molecular weight excluding hydrogens is 449 g/mol. The largest absolute Gasteiger partial charge is 0.389 e. The van der Waals surface area contributed by atoms with Crippen molar-refractivity contribution in [1.29, 1.82) is 0 Å². The van der Waals surface area contributed by atoms with E-state index in [1.165, 1.54) is 0 Å². The minimum atomic E-state index is -4.34. The number of nitrogens with one attached hydrogen (secondary N) is 1. The van der Waals surface area contributed by atoms with Crippen molar-refractivity contribution < 1.29 is 23.1 Å². The predicted molar refractivity (Wildman–Crippen MR) is 120 cm³/mol. The Bertz CT molecular complexity index is 1090. The van der Waals surface area contributed by atoms with Crippen molar-refractivity contribution in [1.82, 2.24) is 24.6 Å². The average Bonchev–Trinajstić information content (AvgIpc) is 3.26. The molecule has 0 spiro atoms. The van der Waals surface area contributed by atoms with Gasteiger partial charge >= 0.3 is 6.18 Å². The molecule has 0 aliphatic carbocycles. The molecule has 184 valence electrons. The Morgan fingerprint density at radius 3 is 2.71 bits per heavy atom. The molecule has 2 aliphatic rings. The number of hydrogen-bond donors (Lipinski definition) is 2. The van der Waals surface area contributed by atoms with E-state index in [4.69, 9.17) is 0 Å². The van der Waals surface area contributed by atoms with Gasteiger partial charge in [-0.25, -0.2) is 9.97 Å². The number of hydrogen-bond acceptors (Lipinski definition) is 6. The summed E-state index contributed by atoms with van der Waals surface area (Å²) in [7, 11) is 0. The number of aromatic nitrogens is 4. The number of carbonyl (C=O) groups is 1. The topological polar surface area (TPSA) is 96.2 Å². The zero-order chi connectivity index (χ0) is 24.7. The molecule has 2 aromatic heterocycles. The monoisotopic (exact) mass is 478 g/mol. The summed E-state index contributed by atoms with van der Waals surface area (Å²) in [6, 6.07) is -0.322. The Morgan fingerprint density at radius 1 is 1.26 bits per heavy atom. The van der Waals surface area contributed by atoms with Gasteiger partial charge in [-0.05, 0) is 51.2 Å². The predicted octanol–water partition coefficient (Wildman–Crippen LogP) is 3.99. The van der Waals surface area contributed by atoms with Crippen molar-refractivity contribution in [3.05, 3.63) is 35.9 Å². The molecule has 0 saturated carbocycles. The molecule has 2 unspecified atom stereocenters. The highest BCUT2D eigenvalue weighted by Gasteiger charge is 2.41. The van der Waals surface area contributed by atoms with E-state index in [0.717, 1.165) is 29.7 Å². The third kappa shape index (κ3) is 5.75. The molecule has 2 aromatic rings. The number of fused-ring (bicyclic) bond motifs is 2. The lowest BCUT2D eigenvalue weighted by Crippen LogP contribution is -2.43. The van der Waals surface area contributed by atoms with Crippen molar-refractivity contribution in [2.45, 2.75) is 83.3 Å². The van der Waals surface area contributed by atoms with Gasteiger partial charge < -0.3 is 15.3 Å². The molecule has 0 radical (unpaired) electrons. The maximum Gasteiger partial charge on any atom is 0.389 e. The minimum absolute atomic E-state index is 0.114. The normalized spacial score (nSPS) is 20.4. The first-order valence-corrected chi connectivity index (χ1v) is 11.3. The number of aliphatic hydroxyl groups is 1. The van der Waals surface area contributed by atoms with Crippen LogP contribution in [0.4, 0.5) is 24.8 Å². The van der Waals surface area contributed by atoms with Crippen LogP contribution in [-0.2, 0) is 11.3 Å². The van der Waals surface area contributed by atoms with Crippen LogP contribution in [0, 0.1) is 6.92 Å². The van der Waals surface area contributed by atoms with Crippen molar-refractivity contribution in [3.63, 3.8) is 0 Å². The van der Waals surface area contributed by atoms with Crippen LogP contribution in [0.25, 0.3) is 5.57 Å². The lowest BCUT2D eigenvalue weighted by molar-refractivity contribution is -0.150. The van der Waals surface area contributed by atoms with Crippen LogP contribution in [0.3, 0.4) is 0 Å². The zero-order valence-corrected chi connectivity index (χ0v) is 19.4. The second kappa shape index (κ2) is 9.01. The fourth-order valence-electron chi connectivity index (χ4n) is 4.64. The lowest BCUT2D eigenvalue weighted by Gasteiger charge is -2.34. The zero-order valence-electron chi connectivity index (χ0n) is 19.4. The number of rotatable bonds is 7. The highest BCUT2D eigenvalue weighted by atomic mass is 19.4. The van der Waals surface area contributed by atoms with Gasteiger partial charge in [0.2, 0.25) is 11.9 Å². The van der Waals surface area contributed by atoms with Crippen LogP contribution in [0.2, 0.25) is 0 Å². The molecule has 2 aliphatic heterocycles. The average molecular weight is 479 g/mol. The molecule has 1 amide bonds. The summed E-state index contributed by atoms with van der Waals surface area (Å²) in [4.78, 5) is 23.2. The highest BCUT2D eigenvalue weighted by molar-refractivity contribution is 5.80. The fraction of sp³-hybridized carbons (Fsp3) is 0.565. The van der Waals surface area contributed by atoms with Gasteiger partial charge in [0, 0.05) is 24.9 Å². The Hall–Kier alpha value is -2.95. The van der Waals surface area contributed by atoms with E-state index in [0.29, 0.717) is 24.6 Å². The molecule has 2 N–H and O–H groups in total. The molecule has 4 rings (SSSR count). The smallest absolute Gasteiger partial charge is 0.389 e. The van der Waals surface area contributed by atoms with E-state index < -0.39 is 30.5 Å². The second-order valence-corrected chi connectivity index (χ2v) is 9.70. The molecule has 11 heteroatoms. The van der Waals surface area contributed by atoms with Crippen molar-refractivity contribution >= 4 is 23.1 Å². The molecule has 8 nitrogen and oxygen atoms in total. The van der Waals surface area contributed by atoms with E-state index >= 15 is 0 Å². The number of halogens is 3. The van der Waals surface area contributed by atoms with Crippen LogP contribution in [0.15, 0.2) is 24.7 Å². The Labute approximate surface area is 195 Å². The Morgan fingerprint density at radius 2 is 2.03 bits per heavy atom. The van der Waals surface area contributed by atoms with Gasteiger partial charge in [-0.1, -0.05) is 6.08 Å². The summed E-state index contributed by atoms with van der Waals surface area (Å²) in [5, 5.41) is 17.3. The minimum Gasteiger partial charge on any atom is -0.389 e. The number of carbonyl (C=O) groups excluding carboxylic acids is 1. The molecule has 2 bridgehead atoms. The summed E-state index contributed by atoms with van der Waals surface area (Å²) >= 11 is 0. The SMILES string of the molecule is Cc1cnc(Nc2cnn(CC(C)(C)O)c2)nc1C1=CC2CCC(C1)N2C(=O)CCC(F)(F)F. The van der Waals surface area contributed by atoms with Gasteiger partial charge in [0.05, 0.1) is 42.2 Å². The first-order valence-electron chi connectivity index (χ1n) is 11.3. The van der Waals surface area contributed by atoms with E-state index in [-0.39, 0.29) is 12.1 Å². The third-order valence-corrected chi connectivity index (χ3v) is 6.02. The molecule has 34 heavy (non-hydrogen) atoms. The summed E-state index contributed by atoms with van der Waals surface area (Å²) in [5.74, 6) is -0.0507. The summed E-state index contributed by atoms with van der Waals surface area (Å²) in [6.07, 6.45) is 3.17. The van der Waals surface area contributed by atoms with E-state index in [2.05, 4.69) is 20.4 Å². The van der Waals surface area contributed by atoms with E-state index in [1.807, 2.05) is 13.0 Å². The van der Waals surface area contributed by atoms with Crippen LogP contribution in [-0.4, -0.2) is 59.5 Å². The maximum atomic E-state index is 12.6. The van der Waals surface area contributed by atoms with Gasteiger partial charge in [-0.3, -0.25) is 9.48 Å². The lowest BCUT2D eigenvalue weighted by atomic mass is 9.96. The third-order valence-electron chi connectivity index (χ3n) is 6.02. The molecular formula is C23H29F3N6O2. The van der Waals surface area contributed by atoms with Crippen LogP contribution >= 0.6 is 0 Å². The quantitative estimate of drug-likeness (QED) is 0.625. The van der Waals surface area contributed by atoms with E-state index in [9.17, 15) is 23.1 Å². The first-order chi connectivity index (χ1) is 15.9. The number of anilines is 2. The number of alkyl halides is 3. The fourth-order valence-corrected chi connectivity index (χ4v) is 4.64. The number of aryl methyl sites for hydroxylation is 1. The molecule has 0 aromatic carbocycles. The van der Waals surface area contributed by atoms with Crippen LogP contribution < -0.4 is 5.32 Å². The van der Waals surface area contributed by atoms with Crippen molar-refractivity contribution in [3.8, 4) is 0 Å². The van der Waals surface area contributed by atoms with Gasteiger partial charge in [-0.15, -0.1) is 0 Å². The van der Waals surface area contributed by atoms with Gasteiger partial charge in [0.1, 0.15) is 0 Å². The van der Waals surface area contributed by atoms with Crippen molar-refractivity contribution in [2.75, 3.05) is 5.32 Å². The van der Waals surface area contributed by atoms with Crippen molar-refractivity contribution in [2.24, 2.45) is 0 Å². The molecule has 1 fully saturated rings. The molecule has 2 atom stereocenters. The number of nitrogens with zero attached hydrogens (tertiary/aromatic N) is 5. The Kier molecular flexibility index (Phi) is 6.41. The standard InChI is InChI=1S/C23H29F3N6O2/c1-14-10-27-21(29-16-11-28-31(12-16)13-22(2,3)34)30-20(14)15-8-17-4-5-18(9-15)32(17)19(33)6-7-23(24,25)26/h8,10-12,17-18,34H,4-7,9,13H2,1-3H3,(H,27,29,30). The second-order valence-electron chi connectivity index (χ2n) is 9.70. The summed E-state index contributed by atoms with van der Waals surface area (Å²) in [6.45, 7) is 5.65. The van der Waals surface area contributed by atoms with Crippen LogP contribution in [0.5, 0.6) is 0 Å². The molecule has 1 saturated heterocycles. The Balaban J connectivity index is 1.49. The van der Waals surface area contributed by atoms with Gasteiger partial charge in [-0.2, -0.15) is 18.3 Å². The first kappa shape index (κ1) is 24.2. The number of amides is 1. The van der Waals surface area contributed by atoms with Gasteiger partial charge in [0.15, 0.2) is 0 Å². The van der Waals surface area contributed by atoms with E-state index in [1.54, 1.807) is 42.0 Å². The summed E-state index contributed by atoms with van der Waals surface area (Å²) in [5.41, 5.74) is 2.41. The summed E-state index contributed by atoms with van der Waals surface area (Å²) < 4.78 is 39.3. The maximum absolute atomic E-state index is 12.6. The van der Waals surface area contributed by atoms with Gasteiger partial charge in [0.25, 0.3) is 0 Å². The highest BCUT2D eigenvalue weighted by Crippen LogP contribution is 2.39. The molecule has 4 heterocycles. The van der Waals surface area contributed by atoms with Crippen LogP contribution in [0.1, 0.15) is 57.2 Å².